The van der Waals surface area contributed by atoms with Crippen molar-refractivity contribution in [2.24, 2.45) is 5.41 Å². The largest absolute Gasteiger partial charge is 0.412 e. The van der Waals surface area contributed by atoms with Gasteiger partial charge in [-0.3, -0.25) is 24.0 Å². The molecular weight excluding hydrogens is 1050 g/mol. The highest BCUT2D eigenvalue weighted by molar-refractivity contribution is 6.04. The van der Waals surface area contributed by atoms with Gasteiger partial charge in [0.05, 0.1) is 64.7 Å². The van der Waals surface area contributed by atoms with Crippen molar-refractivity contribution in [3.8, 4) is 17.2 Å². The summed E-state index contributed by atoms with van der Waals surface area (Å²) in [6.07, 6.45) is -1.99. The van der Waals surface area contributed by atoms with Gasteiger partial charge < -0.3 is 70.4 Å². The Balaban J connectivity index is 1.39. The number of rotatable bonds is 34. The molecule has 432 valence electrons. The molecule has 4 aromatic carbocycles. The number of allylic oxidation sites excluding steroid dienone is 1. The molecule has 0 fully saturated rings. The minimum Gasteiger partial charge on any atom is -0.410 e. The maximum atomic E-state index is 12.9. The Morgan fingerprint density at radius 3 is 0.951 bits per heavy atom. The molecule has 0 aromatic heterocycles. The minimum absolute atomic E-state index is 0.00670. The van der Waals surface area contributed by atoms with Crippen molar-refractivity contribution in [2.75, 3.05) is 95.0 Å². The second-order valence-electron chi connectivity index (χ2n) is 18.7. The lowest BCUT2D eigenvalue weighted by Crippen LogP contribution is -2.44. The van der Waals surface area contributed by atoms with Crippen LogP contribution < -0.4 is 51.4 Å². The zero-order chi connectivity index (χ0) is 59.2. The number of carbonyl (C=O) groups is 8. The van der Waals surface area contributed by atoms with Crippen LogP contribution >= 0.6 is 0 Å². The summed E-state index contributed by atoms with van der Waals surface area (Å²) in [5, 5.41) is 18.7. The molecule has 7 amide bonds. The van der Waals surface area contributed by atoms with Gasteiger partial charge in [-0.05, 0) is 117 Å². The highest BCUT2D eigenvalue weighted by atomic mass is 16.6. The Hall–Kier alpha value is -8.96. The van der Waals surface area contributed by atoms with Crippen LogP contribution in [0.15, 0.2) is 146 Å². The van der Waals surface area contributed by atoms with Crippen LogP contribution in [-0.2, 0) is 55.8 Å². The summed E-state index contributed by atoms with van der Waals surface area (Å²) in [5.74, 6) is -0.724. The predicted octanol–water partition coefficient (Wildman–Crippen LogP) is 7.00. The first-order valence-electron chi connectivity index (χ1n) is 25.6. The van der Waals surface area contributed by atoms with E-state index in [4.69, 9.17) is 33.2 Å². The molecule has 0 saturated heterocycles. The van der Waals surface area contributed by atoms with Crippen molar-refractivity contribution in [3.05, 3.63) is 157 Å². The van der Waals surface area contributed by atoms with Gasteiger partial charge in [0.1, 0.15) is 17.2 Å². The van der Waals surface area contributed by atoms with Crippen molar-refractivity contribution in [2.45, 2.75) is 40.5 Å². The fourth-order valence-corrected chi connectivity index (χ4v) is 6.66. The first-order chi connectivity index (χ1) is 38.7. The summed E-state index contributed by atoms with van der Waals surface area (Å²) in [6.45, 7) is 20.9. The number of nitrogens with one attached hydrogen (secondary N) is 7. The van der Waals surface area contributed by atoms with Crippen LogP contribution in [0.2, 0.25) is 0 Å². The van der Waals surface area contributed by atoms with E-state index in [9.17, 15) is 38.4 Å². The van der Waals surface area contributed by atoms with Crippen LogP contribution in [0.4, 0.5) is 31.4 Å². The SMILES string of the molecule is C=C(C)C(=O)Cc1ccc(CC(=O)NCCOCC(COCCNC(=O)Oc2ccc(NC(=O)C(=C)C)cc2)(COCCNC(=O)Oc2ccc(NC(=O)C(=C)C)cc2)COCCNC(=O)Oc2ccc(NC(=O)C(=C)C)cc2)cc1. The van der Waals surface area contributed by atoms with Crippen LogP contribution in [-0.4, -0.2) is 127 Å². The standard InChI is InChI=1S/C59H71N7O15/c1-39(2)51(67)33-43-9-11-44(12-10-43)34-52(68)60-25-29-75-35-59(36-76-30-26-61-56(72)79-48-19-13-45(14-20-48)64-53(69)40(3)4,37-77-31-27-62-57(73)80-49-21-15-46(16-22-49)65-54(70)41(5)6)38-78-32-28-63-58(74)81-50-23-17-47(18-24-50)66-55(71)42(7)8/h9-24H,1,3,5,7,25-38H2,2,4,6,8H3,(H,60,68)(H,61,72)(H,62,73)(H,63,74)(H,64,69)(H,65,70)(H,66,71). The van der Waals surface area contributed by atoms with Gasteiger partial charge in [-0.25, -0.2) is 14.4 Å². The molecule has 4 aromatic rings. The lowest BCUT2D eigenvalue weighted by Gasteiger charge is -2.33. The number of anilines is 3. The summed E-state index contributed by atoms with van der Waals surface area (Å²) in [4.78, 5) is 99.1. The molecule has 0 bridgehead atoms. The van der Waals surface area contributed by atoms with E-state index < -0.39 is 23.7 Å². The highest BCUT2D eigenvalue weighted by Crippen LogP contribution is 2.22. The second kappa shape index (κ2) is 34.1. The maximum Gasteiger partial charge on any atom is 0.412 e. The van der Waals surface area contributed by atoms with Gasteiger partial charge in [-0.2, -0.15) is 0 Å². The number of ether oxygens (including phenoxy) is 7. The molecule has 0 spiro atoms. The molecule has 0 saturated carbocycles. The topological polar surface area (TPSA) is 285 Å². The Labute approximate surface area is 471 Å². The van der Waals surface area contributed by atoms with Crippen molar-refractivity contribution < 1.29 is 71.5 Å². The molecule has 22 nitrogen and oxygen atoms in total. The summed E-state index contributed by atoms with van der Waals surface area (Å²) in [6, 6.07) is 25.7. The van der Waals surface area contributed by atoms with E-state index in [2.05, 4.69) is 63.5 Å². The fraction of sp³-hybridized carbons (Fsp3) is 0.322. The normalized spacial score (nSPS) is 10.7. The average molecular weight is 1120 g/mol. The van der Waals surface area contributed by atoms with Crippen molar-refractivity contribution in [1.29, 1.82) is 0 Å². The van der Waals surface area contributed by atoms with Gasteiger partial charge in [0.2, 0.25) is 5.91 Å². The van der Waals surface area contributed by atoms with Crippen molar-refractivity contribution >= 4 is 64.8 Å². The number of benzene rings is 4. The van der Waals surface area contributed by atoms with E-state index in [1.165, 1.54) is 36.4 Å². The molecule has 0 aliphatic carbocycles. The molecule has 0 heterocycles. The zero-order valence-corrected chi connectivity index (χ0v) is 46.1. The van der Waals surface area contributed by atoms with E-state index in [0.29, 0.717) is 39.4 Å². The van der Waals surface area contributed by atoms with Gasteiger partial charge >= 0.3 is 18.3 Å². The van der Waals surface area contributed by atoms with E-state index in [1.54, 1.807) is 88.4 Å². The second-order valence-corrected chi connectivity index (χ2v) is 18.7. The molecule has 7 N–H and O–H groups in total. The van der Waals surface area contributed by atoms with Crippen LogP contribution in [0.1, 0.15) is 38.8 Å². The summed E-state index contributed by atoms with van der Waals surface area (Å²) < 4.78 is 40.5. The van der Waals surface area contributed by atoms with Crippen LogP contribution in [0.5, 0.6) is 17.2 Å². The molecule has 0 unspecified atom stereocenters. The Morgan fingerprint density at radius 1 is 0.383 bits per heavy atom. The first-order valence-corrected chi connectivity index (χ1v) is 25.6. The molecule has 0 atom stereocenters. The van der Waals surface area contributed by atoms with Gasteiger partial charge in [-0.1, -0.05) is 50.6 Å². The van der Waals surface area contributed by atoms with Gasteiger partial charge in [0.15, 0.2) is 5.78 Å². The molecule has 0 aliphatic heterocycles. The number of Topliss-reactive ketones (excluding diaryl/α,β-unsaturated/α-hetero) is 1. The van der Waals surface area contributed by atoms with Crippen molar-refractivity contribution in [1.82, 2.24) is 21.3 Å². The number of carbonyl (C=O) groups excluding carboxylic acids is 8. The zero-order valence-electron chi connectivity index (χ0n) is 46.1. The maximum absolute atomic E-state index is 12.9. The fourth-order valence-electron chi connectivity index (χ4n) is 6.66. The van der Waals surface area contributed by atoms with E-state index in [0.717, 1.165) is 11.1 Å². The third-order valence-corrected chi connectivity index (χ3v) is 11.1. The smallest absolute Gasteiger partial charge is 0.410 e. The summed E-state index contributed by atoms with van der Waals surface area (Å²) in [5.41, 5.74) is 3.39. The molecule has 22 heteroatoms. The quantitative estimate of drug-likeness (QED) is 0.0183. The Bertz CT molecular complexity index is 2450. The minimum atomic E-state index is -1.07. The van der Waals surface area contributed by atoms with Gasteiger partial charge in [0, 0.05) is 66.4 Å². The molecule has 0 radical (unpaired) electrons. The lowest BCUT2D eigenvalue weighted by atomic mass is 9.92. The number of ketones is 1. The molecule has 0 aliphatic rings. The van der Waals surface area contributed by atoms with Gasteiger partial charge in [-0.15, -0.1) is 0 Å². The van der Waals surface area contributed by atoms with Gasteiger partial charge in [0.25, 0.3) is 17.7 Å². The summed E-state index contributed by atoms with van der Waals surface area (Å²) >= 11 is 0. The lowest BCUT2D eigenvalue weighted by molar-refractivity contribution is -0.121. The van der Waals surface area contributed by atoms with Crippen molar-refractivity contribution in [3.63, 3.8) is 0 Å². The number of hydrogen-bond donors (Lipinski definition) is 7. The Kier molecular flexibility index (Phi) is 27.2. The van der Waals surface area contributed by atoms with Crippen LogP contribution in [0.3, 0.4) is 0 Å². The summed E-state index contributed by atoms with van der Waals surface area (Å²) in [7, 11) is 0. The van der Waals surface area contributed by atoms with Crippen LogP contribution in [0.25, 0.3) is 0 Å². The Morgan fingerprint density at radius 2 is 0.667 bits per heavy atom. The predicted molar refractivity (Wildman–Crippen MR) is 304 cm³/mol. The van der Waals surface area contributed by atoms with Crippen LogP contribution in [0, 0.1) is 5.41 Å². The molecular formula is C59H71N7O15. The number of hydrogen-bond acceptors (Lipinski definition) is 15. The third-order valence-electron chi connectivity index (χ3n) is 11.1. The highest BCUT2D eigenvalue weighted by Gasteiger charge is 2.33. The monoisotopic (exact) mass is 1120 g/mol. The molecule has 81 heavy (non-hydrogen) atoms. The third kappa shape index (κ3) is 25.6. The van der Waals surface area contributed by atoms with E-state index in [1.807, 2.05) is 0 Å². The average Bonchev–Trinajstić information content (AvgIpc) is 3.42. The van der Waals surface area contributed by atoms with E-state index >= 15 is 0 Å². The molecule has 4 rings (SSSR count). The van der Waals surface area contributed by atoms with E-state index in [-0.39, 0.29) is 139 Å². The first kappa shape index (κ1) is 64.6. The number of amides is 7.